The predicted molar refractivity (Wildman–Crippen MR) is 95.0 cm³/mol. The highest BCUT2D eigenvalue weighted by Crippen LogP contribution is 2.07. The third-order valence-electron chi connectivity index (χ3n) is 3.68. The summed E-state index contributed by atoms with van der Waals surface area (Å²) in [6, 6.07) is 23.5. The van der Waals surface area contributed by atoms with Crippen molar-refractivity contribution >= 4 is 29.8 Å². The molecule has 3 aromatic rings. The summed E-state index contributed by atoms with van der Waals surface area (Å²) >= 11 is 1.69. The summed E-state index contributed by atoms with van der Waals surface area (Å²) in [5, 5.41) is 6.91. The summed E-state index contributed by atoms with van der Waals surface area (Å²) in [7, 11) is -2.01. The molecule has 0 saturated heterocycles. The molecule has 21 heavy (non-hydrogen) atoms. The lowest BCUT2D eigenvalue weighted by Gasteiger charge is -2.22. The van der Waals surface area contributed by atoms with Crippen LogP contribution in [0, 0.1) is 11.5 Å². The molecule has 0 aliphatic rings. The minimum Gasteiger partial charge on any atom is -0.151 e. The molecule has 0 aliphatic carbocycles. The molecule has 0 bridgehead atoms. The van der Waals surface area contributed by atoms with Gasteiger partial charge < -0.3 is 0 Å². The van der Waals surface area contributed by atoms with Gasteiger partial charge in [-0.15, -0.1) is 5.54 Å². The van der Waals surface area contributed by atoms with E-state index in [1.54, 1.807) is 11.3 Å². The zero-order valence-electron chi connectivity index (χ0n) is 11.9. The van der Waals surface area contributed by atoms with Crippen molar-refractivity contribution in [1.82, 2.24) is 0 Å². The van der Waals surface area contributed by atoms with E-state index in [1.165, 1.54) is 10.4 Å². The van der Waals surface area contributed by atoms with Crippen LogP contribution in [0.25, 0.3) is 0 Å². The Hall–Kier alpha value is -2.08. The Morgan fingerprint density at radius 3 is 1.86 bits per heavy atom. The zero-order valence-corrected chi connectivity index (χ0v) is 13.7. The Kier molecular flexibility index (Phi) is 4.05. The maximum absolute atomic E-state index is 3.63. The van der Waals surface area contributed by atoms with E-state index in [-0.39, 0.29) is 0 Å². The van der Waals surface area contributed by atoms with Gasteiger partial charge in [0.1, 0.15) is 0 Å². The molecule has 2 aromatic carbocycles. The van der Waals surface area contributed by atoms with Gasteiger partial charge in [-0.25, -0.2) is 0 Å². The maximum Gasteiger partial charge on any atom is 0.196 e. The largest absolute Gasteiger partial charge is 0.196 e. The third kappa shape index (κ3) is 3.00. The summed E-state index contributed by atoms with van der Waals surface area (Å²) in [5.41, 5.74) is 4.74. The maximum atomic E-state index is 3.63. The van der Waals surface area contributed by atoms with Gasteiger partial charge in [-0.2, -0.15) is 11.3 Å². The van der Waals surface area contributed by atoms with Crippen molar-refractivity contribution in [2.75, 3.05) is 0 Å². The summed E-state index contributed by atoms with van der Waals surface area (Å²) in [5.74, 6) is 3.38. The average molecular weight is 304 g/mol. The molecule has 1 heterocycles. The van der Waals surface area contributed by atoms with Gasteiger partial charge in [0.25, 0.3) is 0 Å². The molecule has 1 aromatic heterocycles. The van der Waals surface area contributed by atoms with Gasteiger partial charge in [0.05, 0.1) is 0 Å². The van der Waals surface area contributed by atoms with E-state index < -0.39 is 8.07 Å². The van der Waals surface area contributed by atoms with Crippen molar-refractivity contribution in [2.45, 2.75) is 6.55 Å². The highest BCUT2D eigenvalue weighted by atomic mass is 32.1. The van der Waals surface area contributed by atoms with Crippen LogP contribution in [0.2, 0.25) is 6.55 Å². The van der Waals surface area contributed by atoms with E-state index in [1.807, 2.05) is 0 Å². The quantitative estimate of drug-likeness (QED) is 0.502. The molecule has 0 amide bonds. The smallest absolute Gasteiger partial charge is 0.151 e. The summed E-state index contributed by atoms with van der Waals surface area (Å²) in [6.45, 7) is 2.33. The Morgan fingerprint density at radius 2 is 1.38 bits per heavy atom. The Labute approximate surface area is 131 Å². The van der Waals surface area contributed by atoms with Gasteiger partial charge >= 0.3 is 0 Å². The normalized spacial score (nSPS) is 10.7. The van der Waals surface area contributed by atoms with Crippen LogP contribution in [0.15, 0.2) is 77.5 Å². The monoisotopic (exact) mass is 304 g/mol. The fourth-order valence-corrected chi connectivity index (χ4v) is 5.71. The highest BCUT2D eigenvalue weighted by Gasteiger charge is 2.29. The van der Waals surface area contributed by atoms with Crippen molar-refractivity contribution in [1.29, 1.82) is 0 Å². The summed E-state index contributed by atoms with van der Waals surface area (Å²) in [4.78, 5) is 0. The second-order valence-corrected chi connectivity index (χ2v) is 9.55. The zero-order chi connectivity index (χ0) is 14.5. The molecule has 3 rings (SSSR count). The van der Waals surface area contributed by atoms with Crippen LogP contribution in [0.1, 0.15) is 5.56 Å². The lowest BCUT2D eigenvalue weighted by molar-refractivity contribution is 1.70. The van der Waals surface area contributed by atoms with Crippen molar-refractivity contribution in [2.24, 2.45) is 0 Å². The van der Waals surface area contributed by atoms with Crippen LogP contribution in [-0.2, 0) is 0 Å². The van der Waals surface area contributed by atoms with Crippen molar-refractivity contribution in [3.63, 3.8) is 0 Å². The average Bonchev–Trinajstić information content (AvgIpc) is 3.08. The van der Waals surface area contributed by atoms with E-state index >= 15 is 0 Å². The van der Waals surface area contributed by atoms with E-state index in [0.717, 1.165) is 5.56 Å². The standard InChI is InChI=1S/C19H16SSi/c1-21(18-8-4-2-5-9-18,19-10-6-3-7-11-19)15-13-17-12-14-20-16-17/h2-12,14,16H,1H3. The number of benzene rings is 2. The lowest BCUT2D eigenvalue weighted by atomic mass is 10.4. The van der Waals surface area contributed by atoms with Gasteiger partial charge in [0, 0.05) is 10.9 Å². The molecule has 0 spiro atoms. The minimum absolute atomic E-state index is 1.12. The van der Waals surface area contributed by atoms with Crippen LogP contribution in [0.3, 0.4) is 0 Å². The molecule has 2 heteroatoms. The Morgan fingerprint density at radius 1 is 0.810 bits per heavy atom. The molecule has 0 nitrogen and oxygen atoms in total. The topological polar surface area (TPSA) is 0 Å². The summed E-state index contributed by atoms with van der Waals surface area (Å²) < 4.78 is 0. The first-order valence-corrected chi connectivity index (χ1v) is 10.4. The van der Waals surface area contributed by atoms with Crippen LogP contribution >= 0.6 is 11.3 Å². The van der Waals surface area contributed by atoms with E-state index in [2.05, 4.69) is 95.5 Å². The molecular formula is C19H16SSi. The third-order valence-corrected chi connectivity index (χ3v) is 7.96. The Bertz CT molecular complexity index is 710. The van der Waals surface area contributed by atoms with Gasteiger partial charge in [-0.1, -0.05) is 73.1 Å². The fourth-order valence-electron chi connectivity index (χ4n) is 2.39. The SMILES string of the molecule is C[Si](C#Cc1ccsc1)(c1ccccc1)c1ccccc1. The predicted octanol–water partition coefficient (Wildman–Crippen LogP) is 3.53. The molecule has 0 saturated carbocycles. The number of rotatable bonds is 2. The molecule has 102 valence electrons. The molecule has 0 aliphatic heterocycles. The lowest BCUT2D eigenvalue weighted by Crippen LogP contribution is -2.54. The van der Waals surface area contributed by atoms with Crippen LogP contribution in [0.5, 0.6) is 0 Å². The minimum atomic E-state index is -2.01. The van der Waals surface area contributed by atoms with Gasteiger partial charge in [-0.05, 0) is 21.8 Å². The van der Waals surface area contributed by atoms with E-state index in [4.69, 9.17) is 0 Å². The van der Waals surface area contributed by atoms with Crippen molar-refractivity contribution in [3.05, 3.63) is 83.1 Å². The fraction of sp³-hybridized carbons (Fsp3) is 0.0526. The molecule has 0 radical (unpaired) electrons. The molecule has 0 unspecified atom stereocenters. The number of hydrogen-bond acceptors (Lipinski definition) is 1. The first kappa shape index (κ1) is 13.9. The van der Waals surface area contributed by atoms with Crippen LogP contribution in [0.4, 0.5) is 0 Å². The van der Waals surface area contributed by atoms with Crippen LogP contribution < -0.4 is 10.4 Å². The molecule has 0 atom stereocenters. The van der Waals surface area contributed by atoms with Crippen molar-refractivity contribution < 1.29 is 0 Å². The Balaban J connectivity index is 2.12. The van der Waals surface area contributed by atoms with E-state index in [9.17, 15) is 0 Å². The van der Waals surface area contributed by atoms with Gasteiger partial charge in [-0.3, -0.25) is 0 Å². The summed E-state index contributed by atoms with van der Waals surface area (Å²) in [6.07, 6.45) is 0. The van der Waals surface area contributed by atoms with Crippen molar-refractivity contribution in [3.8, 4) is 11.5 Å². The first-order chi connectivity index (χ1) is 10.3. The number of hydrogen-bond donors (Lipinski definition) is 0. The van der Waals surface area contributed by atoms with Gasteiger partial charge in [0.15, 0.2) is 8.07 Å². The van der Waals surface area contributed by atoms with E-state index in [0.29, 0.717) is 0 Å². The second-order valence-electron chi connectivity index (χ2n) is 5.12. The first-order valence-electron chi connectivity index (χ1n) is 6.95. The molecular weight excluding hydrogens is 288 g/mol. The highest BCUT2D eigenvalue weighted by molar-refractivity contribution is 7.08. The molecule has 0 N–H and O–H groups in total. The molecule has 0 fully saturated rings. The second kappa shape index (κ2) is 6.13. The number of thiophene rings is 1. The van der Waals surface area contributed by atoms with Crippen LogP contribution in [-0.4, -0.2) is 8.07 Å². The van der Waals surface area contributed by atoms with Gasteiger partial charge in [0.2, 0.25) is 0 Å².